The molecule has 3 aliphatic rings. The van der Waals surface area contributed by atoms with Gasteiger partial charge in [0.2, 0.25) is 0 Å². The molecule has 0 radical (unpaired) electrons. The van der Waals surface area contributed by atoms with Crippen molar-refractivity contribution < 1.29 is 9.59 Å². The minimum absolute atomic E-state index is 0. The number of halogens is 1. The predicted molar refractivity (Wildman–Crippen MR) is 99.5 cm³/mol. The van der Waals surface area contributed by atoms with Crippen molar-refractivity contribution in [3.8, 4) is 0 Å². The van der Waals surface area contributed by atoms with E-state index < -0.39 is 0 Å². The number of hydrogen-bond donors (Lipinski definition) is 2. The maximum Gasteiger partial charge on any atom is 0.321 e. The Balaban J connectivity index is 0.00000182. The summed E-state index contributed by atoms with van der Waals surface area (Å²) in [5, 5.41) is 6.40. The Bertz CT molecular complexity index is 639. The van der Waals surface area contributed by atoms with Crippen LogP contribution in [0, 0.1) is 0 Å². The molecule has 3 fully saturated rings. The normalized spacial score (nSPS) is 27.6. The number of fused-ring (bicyclic) bond motifs is 2. The first-order valence-corrected chi connectivity index (χ1v) is 8.80. The van der Waals surface area contributed by atoms with E-state index in [2.05, 4.69) is 10.6 Å². The van der Waals surface area contributed by atoms with Crippen LogP contribution >= 0.6 is 12.4 Å². The second-order valence-corrected chi connectivity index (χ2v) is 7.11. The maximum absolute atomic E-state index is 12.8. The molecule has 25 heavy (non-hydrogen) atoms. The topological polar surface area (TPSA) is 64.7 Å². The fourth-order valence-corrected chi connectivity index (χ4v) is 4.21. The molecule has 4 rings (SSSR count). The summed E-state index contributed by atoms with van der Waals surface area (Å²) in [6.45, 7) is 1.34. The Morgan fingerprint density at radius 1 is 1.16 bits per heavy atom. The number of nitrogens with zero attached hydrogens (tertiary/aromatic N) is 2. The minimum Gasteiger partial charge on any atom is -0.339 e. The average Bonchev–Trinajstić information content (AvgIpc) is 3.18. The van der Waals surface area contributed by atoms with Gasteiger partial charge in [-0.1, -0.05) is 0 Å². The van der Waals surface area contributed by atoms with Crippen LogP contribution < -0.4 is 15.5 Å². The van der Waals surface area contributed by atoms with Gasteiger partial charge >= 0.3 is 6.03 Å². The summed E-state index contributed by atoms with van der Waals surface area (Å²) in [7, 11) is 1.92. The third-order valence-electron chi connectivity index (χ3n) is 5.60. The maximum atomic E-state index is 12.8. The Morgan fingerprint density at radius 3 is 2.36 bits per heavy atom. The van der Waals surface area contributed by atoms with Crippen molar-refractivity contribution in [1.82, 2.24) is 15.5 Å². The van der Waals surface area contributed by atoms with Crippen LogP contribution in [0.4, 0.5) is 10.5 Å². The fraction of sp³-hybridized carbons (Fsp3) is 0.556. The van der Waals surface area contributed by atoms with Gasteiger partial charge in [0.1, 0.15) is 0 Å². The fourth-order valence-electron chi connectivity index (χ4n) is 4.21. The standard InChI is InChI=1S/C18H24N4O2.ClH/c1-21(16-10-13-4-5-14(11-16)20-13)17(23)12-2-6-15(7-3-12)22-9-8-19-18(22)24;/h2-3,6-7,13-14,16,20H,4-5,8-11H2,1H3,(H,19,24);1H. The Morgan fingerprint density at radius 2 is 1.80 bits per heavy atom. The number of urea groups is 1. The molecule has 3 amide bonds. The lowest BCUT2D eigenvalue weighted by Crippen LogP contribution is -2.48. The Labute approximate surface area is 154 Å². The first-order valence-electron chi connectivity index (χ1n) is 8.80. The summed E-state index contributed by atoms with van der Waals surface area (Å²) >= 11 is 0. The van der Waals surface area contributed by atoms with Gasteiger partial charge in [0, 0.05) is 49.5 Å². The number of hydrogen-bond acceptors (Lipinski definition) is 3. The molecule has 0 aromatic heterocycles. The van der Waals surface area contributed by atoms with Crippen LogP contribution in [-0.4, -0.2) is 55.1 Å². The van der Waals surface area contributed by atoms with Gasteiger partial charge in [0.05, 0.1) is 0 Å². The average molecular weight is 365 g/mol. The van der Waals surface area contributed by atoms with Crippen molar-refractivity contribution in [1.29, 1.82) is 0 Å². The number of piperidine rings is 1. The molecule has 3 saturated heterocycles. The van der Waals surface area contributed by atoms with E-state index in [-0.39, 0.29) is 24.3 Å². The van der Waals surface area contributed by atoms with Gasteiger partial charge in [-0.15, -0.1) is 12.4 Å². The molecule has 136 valence electrons. The summed E-state index contributed by atoms with van der Waals surface area (Å²) in [6, 6.07) is 8.76. The van der Waals surface area contributed by atoms with Crippen LogP contribution in [0.25, 0.3) is 0 Å². The van der Waals surface area contributed by atoms with E-state index in [1.807, 2.05) is 36.2 Å². The molecule has 0 aliphatic carbocycles. The van der Waals surface area contributed by atoms with Gasteiger partial charge in [-0.3, -0.25) is 9.69 Å². The summed E-state index contributed by atoms with van der Waals surface area (Å²) in [4.78, 5) is 28.1. The quantitative estimate of drug-likeness (QED) is 0.862. The molecule has 7 heteroatoms. The van der Waals surface area contributed by atoms with Gasteiger partial charge < -0.3 is 15.5 Å². The van der Waals surface area contributed by atoms with Crippen molar-refractivity contribution in [2.75, 3.05) is 25.0 Å². The molecule has 1 aromatic rings. The lowest BCUT2D eigenvalue weighted by molar-refractivity contribution is 0.0681. The lowest BCUT2D eigenvalue weighted by Gasteiger charge is -2.35. The molecular weight excluding hydrogens is 340 g/mol. The van der Waals surface area contributed by atoms with Crippen molar-refractivity contribution in [3.05, 3.63) is 29.8 Å². The highest BCUT2D eigenvalue weighted by Gasteiger charge is 2.36. The van der Waals surface area contributed by atoms with Crippen LogP contribution in [0.5, 0.6) is 0 Å². The molecule has 2 N–H and O–H groups in total. The zero-order valence-electron chi connectivity index (χ0n) is 14.4. The first-order chi connectivity index (χ1) is 11.6. The van der Waals surface area contributed by atoms with Crippen molar-refractivity contribution in [3.63, 3.8) is 0 Å². The molecule has 2 atom stereocenters. The van der Waals surface area contributed by atoms with Crippen molar-refractivity contribution >= 4 is 30.0 Å². The van der Waals surface area contributed by atoms with Crippen LogP contribution in [-0.2, 0) is 0 Å². The van der Waals surface area contributed by atoms with Crippen LogP contribution in [0.3, 0.4) is 0 Å². The van der Waals surface area contributed by atoms with E-state index >= 15 is 0 Å². The number of anilines is 1. The lowest BCUT2D eigenvalue weighted by atomic mass is 9.98. The molecular formula is C18H25ClN4O2. The molecule has 0 saturated carbocycles. The SMILES string of the molecule is CN(C(=O)c1ccc(N2CCNC2=O)cc1)C1CC2CCC(C1)N2.Cl. The number of rotatable bonds is 3. The molecule has 2 unspecified atom stereocenters. The van der Waals surface area contributed by atoms with Gasteiger partial charge in [-0.25, -0.2) is 4.79 Å². The molecule has 1 aromatic carbocycles. The van der Waals surface area contributed by atoms with Crippen molar-refractivity contribution in [2.45, 2.75) is 43.8 Å². The monoisotopic (exact) mass is 364 g/mol. The van der Waals surface area contributed by atoms with E-state index in [0.29, 0.717) is 36.8 Å². The minimum atomic E-state index is -0.0728. The zero-order chi connectivity index (χ0) is 16.7. The smallest absolute Gasteiger partial charge is 0.321 e. The van der Waals surface area contributed by atoms with Crippen molar-refractivity contribution in [2.24, 2.45) is 0 Å². The van der Waals surface area contributed by atoms with E-state index in [1.54, 1.807) is 4.90 Å². The summed E-state index contributed by atoms with van der Waals surface area (Å²) in [5.41, 5.74) is 1.52. The molecule has 0 spiro atoms. The molecule has 3 heterocycles. The Kier molecular flexibility index (Phi) is 5.20. The zero-order valence-corrected chi connectivity index (χ0v) is 15.2. The van der Waals surface area contributed by atoms with Crippen LogP contribution in [0.15, 0.2) is 24.3 Å². The van der Waals surface area contributed by atoms with E-state index in [0.717, 1.165) is 18.5 Å². The third kappa shape index (κ3) is 3.46. The highest BCUT2D eigenvalue weighted by atomic mass is 35.5. The van der Waals surface area contributed by atoms with Gasteiger partial charge in [0.25, 0.3) is 5.91 Å². The van der Waals surface area contributed by atoms with Crippen LogP contribution in [0.1, 0.15) is 36.0 Å². The van der Waals surface area contributed by atoms with E-state index in [9.17, 15) is 9.59 Å². The number of benzene rings is 1. The van der Waals surface area contributed by atoms with E-state index in [1.165, 1.54) is 12.8 Å². The predicted octanol–water partition coefficient (Wildman–Crippen LogP) is 1.99. The second kappa shape index (κ2) is 7.22. The number of carbonyl (C=O) groups excluding carboxylic acids is 2. The molecule has 6 nitrogen and oxygen atoms in total. The molecule has 3 aliphatic heterocycles. The number of carbonyl (C=O) groups is 2. The highest BCUT2D eigenvalue weighted by molar-refractivity contribution is 5.97. The second-order valence-electron chi connectivity index (χ2n) is 7.11. The Hall–Kier alpha value is -1.79. The summed E-state index contributed by atoms with van der Waals surface area (Å²) < 4.78 is 0. The van der Waals surface area contributed by atoms with Crippen LogP contribution in [0.2, 0.25) is 0 Å². The molecule has 2 bridgehead atoms. The van der Waals surface area contributed by atoms with E-state index in [4.69, 9.17) is 0 Å². The number of nitrogens with one attached hydrogen (secondary N) is 2. The van der Waals surface area contributed by atoms with Gasteiger partial charge in [-0.2, -0.15) is 0 Å². The summed E-state index contributed by atoms with van der Waals surface area (Å²) in [5.74, 6) is 0.0683. The largest absolute Gasteiger partial charge is 0.339 e. The highest BCUT2D eigenvalue weighted by Crippen LogP contribution is 2.30. The first kappa shape index (κ1) is 18.0. The van der Waals surface area contributed by atoms with Gasteiger partial charge in [0.15, 0.2) is 0 Å². The summed E-state index contributed by atoms with van der Waals surface area (Å²) in [6.07, 6.45) is 4.56. The number of amides is 3. The van der Waals surface area contributed by atoms with Gasteiger partial charge in [-0.05, 0) is 49.9 Å². The third-order valence-corrected chi connectivity index (χ3v) is 5.60.